The highest BCUT2D eigenvalue weighted by molar-refractivity contribution is 9.10. The predicted molar refractivity (Wildman–Crippen MR) is 84.6 cm³/mol. The number of para-hydroxylation sites is 2. The average Bonchev–Trinajstić information content (AvgIpc) is 2.71. The van der Waals surface area contributed by atoms with Gasteiger partial charge < -0.3 is 15.4 Å². The Morgan fingerprint density at radius 1 is 1.38 bits per heavy atom. The topological polar surface area (TPSA) is 68.5 Å². The predicted octanol–water partition coefficient (Wildman–Crippen LogP) is 2.86. The van der Waals surface area contributed by atoms with Gasteiger partial charge in [0, 0.05) is 17.2 Å². The van der Waals surface area contributed by atoms with Crippen LogP contribution in [-0.4, -0.2) is 24.0 Å². The first-order valence-corrected chi connectivity index (χ1v) is 7.41. The van der Waals surface area contributed by atoms with Gasteiger partial charge in [-0.25, -0.2) is 4.98 Å². The van der Waals surface area contributed by atoms with Crippen LogP contribution >= 0.6 is 15.9 Å². The monoisotopic (exact) mass is 347 g/mol. The molecule has 0 aliphatic carbocycles. The van der Waals surface area contributed by atoms with Crippen molar-refractivity contribution in [3.05, 3.63) is 46.6 Å². The molecule has 1 aliphatic rings. The van der Waals surface area contributed by atoms with Crippen molar-refractivity contribution in [3.8, 4) is 5.75 Å². The number of nitrogens with two attached hydrogens (primary N) is 1. The molecule has 108 valence electrons. The molecule has 5 nitrogen and oxygen atoms in total. The maximum Gasteiger partial charge on any atom is 0.262 e. The highest BCUT2D eigenvalue weighted by Gasteiger charge is 2.24. The Bertz CT molecular complexity index is 690. The third-order valence-corrected chi connectivity index (χ3v) is 3.73. The molecule has 0 unspecified atom stereocenters. The lowest BCUT2D eigenvalue weighted by Crippen LogP contribution is -2.32. The third kappa shape index (κ3) is 2.71. The van der Waals surface area contributed by atoms with Crippen LogP contribution in [0.4, 0.5) is 11.5 Å². The van der Waals surface area contributed by atoms with E-state index in [0.29, 0.717) is 24.5 Å². The summed E-state index contributed by atoms with van der Waals surface area (Å²) in [7, 11) is 0. The number of pyridine rings is 1. The zero-order valence-corrected chi connectivity index (χ0v) is 12.8. The highest BCUT2D eigenvalue weighted by atomic mass is 79.9. The first kappa shape index (κ1) is 13.9. The molecule has 1 aromatic heterocycles. The molecule has 0 fully saturated rings. The van der Waals surface area contributed by atoms with Gasteiger partial charge in [0.05, 0.1) is 17.9 Å². The summed E-state index contributed by atoms with van der Waals surface area (Å²) in [6.45, 7) is 1.18. The highest BCUT2D eigenvalue weighted by Crippen LogP contribution is 2.32. The first-order valence-electron chi connectivity index (χ1n) is 6.61. The van der Waals surface area contributed by atoms with Gasteiger partial charge in [-0.15, -0.1) is 0 Å². The van der Waals surface area contributed by atoms with Gasteiger partial charge >= 0.3 is 0 Å². The number of nitrogens with zero attached hydrogens (tertiary/aromatic N) is 2. The second-order valence-corrected chi connectivity index (χ2v) is 5.63. The molecule has 0 atom stereocenters. The van der Waals surface area contributed by atoms with E-state index in [1.54, 1.807) is 17.2 Å². The number of ether oxygens (including phenoxy) is 1. The van der Waals surface area contributed by atoms with Crippen LogP contribution in [-0.2, 0) is 0 Å². The molecule has 6 heteroatoms. The van der Waals surface area contributed by atoms with Crippen molar-refractivity contribution >= 4 is 33.3 Å². The summed E-state index contributed by atoms with van der Waals surface area (Å²) in [4.78, 5) is 18.5. The Kier molecular flexibility index (Phi) is 3.79. The molecule has 0 saturated heterocycles. The number of amides is 1. The van der Waals surface area contributed by atoms with Crippen molar-refractivity contribution < 1.29 is 9.53 Å². The van der Waals surface area contributed by atoms with E-state index in [-0.39, 0.29) is 11.7 Å². The van der Waals surface area contributed by atoms with Crippen molar-refractivity contribution in [2.45, 2.75) is 6.42 Å². The van der Waals surface area contributed by atoms with Gasteiger partial charge in [0.1, 0.15) is 11.6 Å². The molecule has 0 radical (unpaired) electrons. The SMILES string of the molecule is Nc1ncc(Br)cc1C(=O)N1CCCOc2ccccc21. The minimum atomic E-state index is -0.167. The summed E-state index contributed by atoms with van der Waals surface area (Å²) in [6, 6.07) is 9.21. The molecule has 21 heavy (non-hydrogen) atoms. The summed E-state index contributed by atoms with van der Waals surface area (Å²) < 4.78 is 6.39. The number of nitrogen functional groups attached to an aromatic ring is 1. The van der Waals surface area contributed by atoms with Crippen molar-refractivity contribution in [1.29, 1.82) is 0 Å². The van der Waals surface area contributed by atoms with E-state index >= 15 is 0 Å². The van der Waals surface area contributed by atoms with Gasteiger partial charge in [-0.1, -0.05) is 12.1 Å². The Morgan fingerprint density at radius 3 is 3.05 bits per heavy atom. The summed E-state index contributed by atoms with van der Waals surface area (Å²) in [6.07, 6.45) is 2.34. The van der Waals surface area contributed by atoms with Crippen LogP contribution in [0, 0.1) is 0 Å². The van der Waals surface area contributed by atoms with Crippen LogP contribution in [0.1, 0.15) is 16.8 Å². The summed E-state index contributed by atoms with van der Waals surface area (Å²) in [5.41, 5.74) is 7.00. The largest absolute Gasteiger partial charge is 0.491 e. The van der Waals surface area contributed by atoms with Crippen molar-refractivity contribution in [3.63, 3.8) is 0 Å². The Hall–Kier alpha value is -2.08. The Labute approximate surface area is 130 Å². The quantitative estimate of drug-likeness (QED) is 0.861. The van der Waals surface area contributed by atoms with Crippen LogP contribution in [0.3, 0.4) is 0 Å². The maximum absolute atomic E-state index is 12.8. The van der Waals surface area contributed by atoms with Crippen LogP contribution in [0.5, 0.6) is 5.75 Å². The number of aromatic nitrogens is 1. The fraction of sp³-hybridized carbons (Fsp3) is 0.200. The number of benzene rings is 1. The van der Waals surface area contributed by atoms with Crippen LogP contribution in [0.25, 0.3) is 0 Å². The van der Waals surface area contributed by atoms with E-state index < -0.39 is 0 Å². The lowest BCUT2D eigenvalue weighted by Gasteiger charge is -2.22. The van der Waals surface area contributed by atoms with Crippen LogP contribution in [0.2, 0.25) is 0 Å². The van der Waals surface area contributed by atoms with E-state index in [0.717, 1.165) is 16.6 Å². The lowest BCUT2D eigenvalue weighted by atomic mass is 10.2. The number of anilines is 2. The standard InChI is InChI=1S/C15H14BrN3O2/c16-10-8-11(14(17)18-9-10)15(20)19-6-3-7-21-13-5-2-1-4-12(13)19/h1-2,4-5,8-9H,3,6-7H2,(H2,17,18). The van der Waals surface area contributed by atoms with Gasteiger partial charge in [-0.05, 0) is 40.5 Å². The fourth-order valence-corrected chi connectivity index (χ4v) is 2.64. The van der Waals surface area contributed by atoms with E-state index in [1.807, 2.05) is 24.3 Å². The van der Waals surface area contributed by atoms with E-state index in [2.05, 4.69) is 20.9 Å². The molecule has 2 N–H and O–H groups in total. The van der Waals surface area contributed by atoms with Gasteiger partial charge in [-0.2, -0.15) is 0 Å². The number of hydrogen-bond acceptors (Lipinski definition) is 4. The number of hydrogen-bond donors (Lipinski definition) is 1. The molecule has 2 aromatic rings. The molecule has 1 aliphatic heterocycles. The number of carbonyl (C=O) groups excluding carboxylic acids is 1. The van der Waals surface area contributed by atoms with Gasteiger partial charge in [0.15, 0.2) is 0 Å². The van der Waals surface area contributed by atoms with Gasteiger partial charge in [-0.3, -0.25) is 4.79 Å². The second kappa shape index (κ2) is 5.73. The summed E-state index contributed by atoms with van der Waals surface area (Å²) in [5.74, 6) is 0.773. The van der Waals surface area contributed by atoms with E-state index in [9.17, 15) is 4.79 Å². The maximum atomic E-state index is 12.8. The zero-order valence-electron chi connectivity index (χ0n) is 11.3. The van der Waals surface area contributed by atoms with Gasteiger partial charge in [0.2, 0.25) is 0 Å². The normalized spacial score (nSPS) is 14.0. The summed E-state index contributed by atoms with van der Waals surface area (Å²) in [5, 5.41) is 0. The third-order valence-electron chi connectivity index (χ3n) is 3.30. The molecule has 0 spiro atoms. The van der Waals surface area contributed by atoms with Gasteiger partial charge in [0.25, 0.3) is 5.91 Å². The van der Waals surface area contributed by atoms with E-state index in [1.165, 1.54) is 0 Å². The number of carbonyl (C=O) groups is 1. The second-order valence-electron chi connectivity index (χ2n) is 4.71. The van der Waals surface area contributed by atoms with Crippen molar-refractivity contribution in [1.82, 2.24) is 4.98 Å². The lowest BCUT2D eigenvalue weighted by molar-refractivity contribution is 0.0987. The molecule has 0 saturated carbocycles. The minimum absolute atomic E-state index is 0.167. The Balaban J connectivity index is 2.03. The minimum Gasteiger partial charge on any atom is -0.491 e. The average molecular weight is 348 g/mol. The smallest absolute Gasteiger partial charge is 0.262 e. The molecule has 1 amide bonds. The molecule has 2 heterocycles. The van der Waals surface area contributed by atoms with Crippen molar-refractivity contribution in [2.75, 3.05) is 23.8 Å². The zero-order chi connectivity index (χ0) is 14.8. The van der Waals surface area contributed by atoms with Crippen LogP contribution in [0.15, 0.2) is 41.0 Å². The fourth-order valence-electron chi connectivity index (χ4n) is 2.30. The Morgan fingerprint density at radius 2 is 2.19 bits per heavy atom. The van der Waals surface area contributed by atoms with Crippen LogP contribution < -0.4 is 15.4 Å². The van der Waals surface area contributed by atoms with Crippen molar-refractivity contribution in [2.24, 2.45) is 0 Å². The first-order chi connectivity index (χ1) is 10.2. The molecule has 1 aromatic carbocycles. The van der Waals surface area contributed by atoms with E-state index in [4.69, 9.17) is 10.5 Å². The number of fused-ring (bicyclic) bond motifs is 1. The number of halogens is 1. The molecular formula is C15H14BrN3O2. The molecule has 3 rings (SSSR count). The number of rotatable bonds is 1. The molecule has 0 bridgehead atoms. The molecular weight excluding hydrogens is 334 g/mol. The summed E-state index contributed by atoms with van der Waals surface area (Å²) >= 11 is 3.32.